The van der Waals surface area contributed by atoms with Gasteiger partial charge in [0.1, 0.15) is 0 Å². The van der Waals surface area contributed by atoms with Crippen molar-refractivity contribution in [3.8, 4) is 0 Å². The highest BCUT2D eigenvalue weighted by molar-refractivity contribution is 14.0. The number of nitrogens with zero attached hydrogens (tertiary/aromatic N) is 2. The molecular weight excluding hydrogens is 439 g/mol. The number of guanidine groups is 1. The van der Waals surface area contributed by atoms with Crippen molar-refractivity contribution in [3.05, 3.63) is 0 Å². The van der Waals surface area contributed by atoms with Crippen LogP contribution in [0.5, 0.6) is 0 Å². The highest BCUT2D eigenvalue weighted by atomic mass is 127. The molecule has 0 spiro atoms. The zero-order valence-electron chi connectivity index (χ0n) is 15.0. The van der Waals surface area contributed by atoms with Crippen molar-refractivity contribution in [2.75, 3.05) is 46.2 Å². The summed E-state index contributed by atoms with van der Waals surface area (Å²) < 4.78 is 5.69. The maximum Gasteiger partial charge on any atom is 0.222 e. The smallest absolute Gasteiger partial charge is 0.222 e. The third-order valence-corrected chi connectivity index (χ3v) is 6.08. The van der Waals surface area contributed by atoms with Crippen molar-refractivity contribution in [1.29, 1.82) is 0 Å². The first-order valence-electron chi connectivity index (χ1n) is 8.50. The minimum Gasteiger partial charge on any atom is -0.381 e. The van der Waals surface area contributed by atoms with E-state index in [0.717, 1.165) is 58.1 Å². The van der Waals surface area contributed by atoms with E-state index >= 15 is 0 Å². The number of piperidine rings is 1. The molecule has 0 aromatic heterocycles. The molecule has 0 aromatic carbocycles. The lowest BCUT2D eigenvalue weighted by atomic mass is 9.99. The Bertz CT molecular complexity index is 430. The Balaban J connectivity index is 0.00000288. The van der Waals surface area contributed by atoms with Gasteiger partial charge in [-0.05, 0) is 32.4 Å². The summed E-state index contributed by atoms with van der Waals surface area (Å²) in [4.78, 5) is 18.2. The van der Waals surface area contributed by atoms with E-state index in [9.17, 15) is 4.79 Å². The van der Waals surface area contributed by atoms with E-state index in [4.69, 9.17) is 9.73 Å². The fourth-order valence-corrected chi connectivity index (χ4v) is 3.81. The van der Waals surface area contributed by atoms with Crippen molar-refractivity contribution < 1.29 is 9.53 Å². The third kappa shape index (κ3) is 6.25. The van der Waals surface area contributed by atoms with Gasteiger partial charge in [-0.1, -0.05) is 0 Å². The topological polar surface area (TPSA) is 66.0 Å². The molecule has 0 radical (unpaired) electrons. The molecule has 1 unspecified atom stereocenters. The molecule has 24 heavy (non-hydrogen) atoms. The van der Waals surface area contributed by atoms with E-state index in [0.29, 0.717) is 6.42 Å². The summed E-state index contributed by atoms with van der Waals surface area (Å²) in [5, 5.41) is 6.83. The largest absolute Gasteiger partial charge is 0.381 e. The summed E-state index contributed by atoms with van der Waals surface area (Å²) in [5.74, 6) is 1.09. The van der Waals surface area contributed by atoms with E-state index < -0.39 is 0 Å². The summed E-state index contributed by atoms with van der Waals surface area (Å²) in [7, 11) is 1.87. The van der Waals surface area contributed by atoms with Gasteiger partial charge in [0.2, 0.25) is 5.91 Å². The molecule has 1 amide bonds. The van der Waals surface area contributed by atoms with Gasteiger partial charge in [-0.2, -0.15) is 11.8 Å². The summed E-state index contributed by atoms with van der Waals surface area (Å²) in [6.45, 7) is 6.11. The molecule has 1 atom stereocenters. The number of carbonyl (C=O) groups excluding carboxylic acids is 1. The molecule has 2 saturated heterocycles. The van der Waals surface area contributed by atoms with Crippen LogP contribution in [0.25, 0.3) is 0 Å². The molecule has 2 aliphatic heterocycles. The monoisotopic (exact) mass is 470 g/mol. The Hall–Kier alpha value is -0.220. The Morgan fingerprint density at radius 1 is 1.46 bits per heavy atom. The third-order valence-electron chi connectivity index (χ3n) is 4.67. The van der Waals surface area contributed by atoms with Gasteiger partial charge >= 0.3 is 0 Å². The number of aliphatic imine (C=N–C) groups is 1. The van der Waals surface area contributed by atoms with Crippen LogP contribution in [-0.4, -0.2) is 73.7 Å². The van der Waals surface area contributed by atoms with Crippen molar-refractivity contribution in [2.24, 2.45) is 4.99 Å². The number of halogens is 1. The van der Waals surface area contributed by atoms with Gasteiger partial charge in [-0.25, -0.2) is 0 Å². The summed E-state index contributed by atoms with van der Waals surface area (Å²) >= 11 is 1.90. The number of hydrogen-bond donors (Lipinski definition) is 2. The summed E-state index contributed by atoms with van der Waals surface area (Å²) in [6.07, 6.45) is 5.76. The number of hydrogen-bond acceptors (Lipinski definition) is 4. The second-order valence-corrected chi connectivity index (χ2v) is 7.62. The van der Waals surface area contributed by atoms with Crippen LogP contribution < -0.4 is 10.6 Å². The number of rotatable bonds is 5. The zero-order valence-corrected chi connectivity index (χ0v) is 18.1. The van der Waals surface area contributed by atoms with Crippen LogP contribution in [0.3, 0.4) is 0 Å². The Morgan fingerprint density at radius 2 is 2.17 bits per heavy atom. The molecule has 0 saturated carbocycles. The SMILES string of the molecule is CCNC(=NCC1(SC)CCOCC1)NC1CCC(=O)N(C)C1.I. The molecule has 140 valence electrons. The molecule has 2 rings (SSSR count). The lowest BCUT2D eigenvalue weighted by molar-refractivity contribution is -0.132. The highest BCUT2D eigenvalue weighted by Crippen LogP contribution is 2.33. The van der Waals surface area contributed by atoms with Gasteiger partial charge in [0.15, 0.2) is 5.96 Å². The van der Waals surface area contributed by atoms with Gasteiger partial charge in [0.25, 0.3) is 0 Å². The molecule has 0 bridgehead atoms. The number of likely N-dealkylation sites (N-methyl/N-ethyl adjacent to an activating group) is 1. The first-order chi connectivity index (χ1) is 11.1. The van der Waals surface area contributed by atoms with E-state index in [1.807, 2.05) is 18.8 Å². The molecular formula is C16H31IN4O2S. The normalized spacial score (nSPS) is 24.3. The number of likely N-dealkylation sites (tertiary alicyclic amines) is 1. The molecule has 2 fully saturated rings. The predicted octanol–water partition coefficient (Wildman–Crippen LogP) is 1.69. The first-order valence-corrected chi connectivity index (χ1v) is 9.73. The van der Waals surface area contributed by atoms with Gasteiger partial charge in [-0.3, -0.25) is 9.79 Å². The maximum absolute atomic E-state index is 11.6. The number of amides is 1. The van der Waals surface area contributed by atoms with Crippen LogP contribution in [0.2, 0.25) is 0 Å². The average molecular weight is 470 g/mol. The minimum atomic E-state index is 0. The minimum absolute atomic E-state index is 0. The van der Waals surface area contributed by atoms with Gasteiger partial charge < -0.3 is 20.3 Å². The van der Waals surface area contributed by atoms with Gasteiger partial charge in [-0.15, -0.1) is 24.0 Å². The summed E-state index contributed by atoms with van der Waals surface area (Å²) in [6, 6.07) is 0.274. The average Bonchev–Trinajstić information content (AvgIpc) is 2.57. The quantitative estimate of drug-likeness (QED) is 0.364. The molecule has 2 N–H and O–H groups in total. The van der Waals surface area contributed by atoms with E-state index in [1.54, 1.807) is 4.90 Å². The highest BCUT2D eigenvalue weighted by Gasteiger charge is 2.32. The second kappa shape index (κ2) is 10.7. The molecule has 6 nitrogen and oxygen atoms in total. The van der Waals surface area contributed by atoms with Crippen LogP contribution >= 0.6 is 35.7 Å². The Morgan fingerprint density at radius 3 is 2.75 bits per heavy atom. The Kier molecular flexibility index (Phi) is 9.73. The Labute approximate surface area is 166 Å². The molecule has 0 aromatic rings. The molecule has 2 aliphatic rings. The van der Waals surface area contributed by atoms with E-state index in [2.05, 4.69) is 23.8 Å². The van der Waals surface area contributed by atoms with Crippen LogP contribution in [0, 0.1) is 0 Å². The fourth-order valence-electron chi connectivity index (χ4n) is 3.04. The van der Waals surface area contributed by atoms with Crippen molar-refractivity contribution in [3.63, 3.8) is 0 Å². The van der Waals surface area contributed by atoms with Crippen LogP contribution in [0.4, 0.5) is 0 Å². The number of ether oxygens (including phenoxy) is 1. The standard InChI is InChI=1S/C16H30N4O2S.HI/c1-4-17-15(19-13-5-6-14(21)20(2)11-13)18-12-16(23-3)7-9-22-10-8-16;/h13H,4-12H2,1-3H3,(H2,17,18,19);1H. The number of nitrogens with one attached hydrogen (secondary N) is 2. The van der Waals surface area contributed by atoms with Crippen molar-refractivity contribution in [1.82, 2.24) is 15.5 Å². The molecule has 8 heteroatoms. The van der Waals surface area contributed by atoms with Crippen molar-refractivity contribution in [2.45, 2.75) is 43.4 Å². The van der Waals surface area contributed by atoms with E-state index in [1.165, 1.54) is 0 Å². The molecule has 0 aliphatic carbocycles. The van der Waals surface area contributed by atoms with Gasteiger partial charge in [0.05, 0.1) is 6.54 Å². The van der Waals surface area contributed by atoms with Crippen molar-refractivity contribution >= 4 is 47.6 Å². The van der Waals surface area contributed by atoms with Gasteiger partial charge in [0, 0.05) is 50.6 Å². The van der Waals surface area contributed by atoms with Crippen LogP contribution in [0.15, 0.2) is 4.99 Å². The predicted molar refractivity (Wildman–Crippen MR) is 111 cm³/mol. The number of thioether (sulfide) groups is 1. The van der Waals surface area contributed by atoms with E-state index in [-0.39, 0.29) is 40.7 Å². The molecule has 2 heterocycles. The second-order valence-electron chi connectivity index (χ2n) is 6.35. The fraction of sp³-hybridized carbons (Fsp3) is 0.875. The lowest BCUT2D eigenvalue weighted by Gasteiger charge is -2.35. The zero-order chi connectivity index (χ0) is 16.7. The number of carbonyl (C=O) groups is 1. The first kappa shape index (κ1) is 21.8. The van der Waals surface area contributed by atoms with Crippen LogP contribution in [0.1, 0.15) is 32.6 Å². The summed E-state index contributed by atoms with van der Waals surface area (Å²) in [5.41, 5.74) is 0. The maximum atomic E-state index is 11.6. The lowest BCUT2D eigenvalue weighted by Crippen LogP contribution is -2.52. The van der Waals surface area contributed by atoms with Crippen LogP contribution in [-0.2, 0) is 9.53 Å².